The van der Waals surface area contributed by atoms with E-state index in [0.29, 0.717) is 18.9 Å². The van der Waals surface area contributed by atoms with E-state index in [1.54, 1.807) is 0 Å². The molecule has 0 fully saturated rings. The minimum atomic E-state index is -4.33. The zero-order valence-electron chi connectivity index (χ0n) is 11.6. The molecule has 2 nitrogen and oxygen atoms in total. The Morgan fingerprint density at radius 3 is 2.53 bits per heavy atom. The summed E-state index contributed by atoms with van der Waals surface area (Å²) in [6.45, 7) is 6.70. The summed E-state index contributed by atoms with van der Waals surface area (Å²) in [5, 5.41) is 3.19. The maximum atomic E-state index is 13.0. The summed E-state index contributed by atoms with van der Waals surface area (Å²) in [4.78, 5) is 3.86. The van der Waals surface area contributed by atoms with E-state index in [2.05, 4.69) is 10.3 Å². The van der Waals surface area contributed by atoms with Gasteiger partial charge in [-0.1, -0.05) is 20.8 Å². The predicted octanol–water partition coefficient (Wildman–Crippen LogP) is 4.19. The van der Waals surface area contributed by atoms with Crippen LogP contribution in [0.5, 0.6) is 0 Å². The molecular weight excluding hydrogens is 253 g/mol. The first-order valence-electron chi connectivity index (χ1n) is 6.60. The van der Waals surface area contributed by atoms with E-state index in [0.717, 1.165) is 12.5 Å². The molecule has 108 valence electrons. The molecule has 0 aliphatic heterocycles. The summed E-state index contributed by atoms with van der Waals surface area (Å²) < 4.78 is 39.0. The van der Waals surface area contributed by atoms with Crippen molar-refractivity contribution >= 4 is 0 Å². The van der Waals surface area contributed by atoms with Gasteiger partial charge in [0.05, 0.1) is 5.56 Å². The Bertz CT molecular complexity index is 389. The first-order chi connectivity index (χ1) is 8.86. The van der Waals surface area contributed by atoms with Gasteiger partial charge in [-0.05, 0) is 36.9 Å². The lowest BCUT2D eigenvalue weighted by Gasteiger charge is -2.24. The zero-order valence-corrected chi connectivity index (χ0v) is 11.6. The molecule has 1 N–H and O–H groups in total. The molecule has 0 aliphatic carbocycles. The van der Waals surface area contributed by atoms with Crippen molar-refractivity contribution < 1.29 is 13.2 Å². The number of nitrogens with one attached hydrogen (secondary N) is 1. The molecule has 0 aromatic carbocycles. The Kier molecular flexibility index (Phi) is 5.79. The SMILES string of the molecule is CCCNC(CC(C)C)c1cnccc1C(F)(F)F. The first kappa shape index (κ1) is 16.0. The number of rotatable bonds is 6. The van der Waals surface area contributed by atoms with E-state index in [-0.39, 0.29) is 11.6 Å². The van der Waals surface area contributed by atoms with Gasteiger partial charge >= 0.3 is 6.18 Å². The number of hydrogen-bond donors (Lipinski definition) is 1. The molecule has 19 heavy (non-hydrogen) atoms. The summed E-state index contributed by atoms with van der Waals surface area (Å²) in [6.07, 6.45) is -0.260. The smallest absolute Gasteiger partial charge is 0.310 e. The quantitative estimate of drug-likeness (QED) is 0.841. The second kappa shape index (κ2) is 6.89. The standard InChI is InChI=1S/C14H21F3N2/c1-4-6-19-13(8-10(2)3)11-9-18-7-5-12(11)14(15,16)17/h5,7,9-10,13,19H,4,6,8H2,1-3H3. The van der Waals surface area contributed by atoms with E-state index in [1.807, 2.05) is 20.8 Å². The lowest BCUT2D eigenvalue weighted by atomic mass is 9.94. The highest BCUT2D eigenvalue weighted by Crippen LogP contribution is 2.35. The summed E-state index contributed by atoms with van der Waals surface area (Å²) in [6, 6.07) is 0.751. The van der Waals surface area contributed by atoms with Crippen molar-refractivity contribution in [3.63, 3.8) is 0 Å². The van der Waals surface area contributed by atoms with Crippen LogP contribution < -0.4 is 5.32 Å². The van der Waals surface area contributed by atoms with E-state index >= 15 is 0 Å². The number of hydrogen-bond acceptors (Lipinski definition) is 2. The normalized spacial score (nSPS) is 13.8. The van der Waals surface area contributed by atoms with Crippen LogP contribution in [-0.4, -0.2) is 11.5 Å². The Hall–Kier alpha value is -1.10. The van der Waals surface area contributed by atoms with Gasteiger partial charge < -0.3 is 5.32 Å². The molecule has 5 heteroatoms. The third kappa shape index (κ3) is 4.82. The Morgan fingerprint density at radius 2 is 2.00 bits per heavy atom. The van der Waals surface area contributed by atoms with E-state index in [9.17, 15) is 13.2 Å². The number of alkyl halides is 3. The number of halogens is 3. The van der Waals surface area contributed by atoms with Crippen LogP contribution in [0.15, 0.2) is 18.5 Å². The molecular formula is C14H21F3N2. The molecule has 1 aromatic heterocycles. The minimum Gasteiger partial charge on any atom is -0.310 e. The maximum Gasteiger partial charge on any atom is 0.416 e. The van der Waals surface area contributed by atoms with Crippen LogP contribution in [0.4, 0.5) is 13.2 Å². The first-order valence-corrected chi connectivity index (χ1v) is 6.60. The fourth-order valence-electron chi connectivity index (χ4n) is 2.05. The Morgan fingerprint density at radius 1 is 1.32 bits per heavy atom. The largest absolute Gasteiger partial charge is 0.416 e. The molecule has 1 heterocycles. The molecule has 0 saturated carbocycles. The van der Waals surface area contributed by atoms with Crippen LogP contribution >= 0.6 is 0 Å². The molecule has 1 atom stereocenters. The van der Waals surface area contributed by atoms with Crippen molar-refractivity contribution in [2.45, 2.75) is 45.8 Å². The van der Waals surface area contributed by atoms with Gasteiger partial charge in [0.15, 0.2) is 0 Å². The van der Waals surface area contributed by atoms with E-state index in [4.69, 9.17) is 0 Å². The number of nitrogens with zero attached hydrogens (tertiary/aromatic N) is 1. The van der Waals surface area contributed by atoms with Crippen LogP contribution in [-0.2, 0) is 6.18 Å². The second-order valence-corrected chi connectivity index (χ2v) is 5.10. The molecule has 1 rings (SSSR count). The highest BCUT2D eigenvalue weighted by atomic mass is 19.4. The molecule has 0 aliphatic rings. The van der Waals surface area contributed by atoms with Crippen molar-refractivity contribution in [1.82, 2.24) is 10.3 Å². The molecule has 0 amide bonds. The fraction of sp³-hybridized carbons (Fsp3) is 0.643. The second-order valence-electron chi connectivity index (χ2n) is 5.10. The molecule has 0 spiro atoms. The molecule has 0 radical (unpaired) electrons. The average molecular weight is 274 g/mol. The number of pyridine rings is 1. The summed E-state index contributed by atoms with van der Waals surface area (Å²) >= 11 is 0. The lowest BCUT2D eigenvalue weighted by Crippen LogP contribution is -2.26. The fourth-order valence-corrected chi connectivity index (χ4v) is 2.05. The van der Waals surface area contributed by atoms with Gasteiger partial charge in [0.2, 0.25) is 0 Å². The highest BCUT2D eigenvalue weighted by molar-refractivity contribution is 5.29. The summed E-state index contributed by atoms with van der Waals surface area (Å²) in [5.41, 5.74) is -0.339. The van der Waals surface area contributed by atoms with E-state index < -0.39 is 11.7 Å². The van der Waals surface area contributed by atoms with E-state index in [1.165, 1.54) is 12.4 Å². The van der Waals surface area contributed by atoms with Gasteiger partial charge in [-0.25, -0.2) is 0 Å². The van der Waals surface area contributed by atoms with Gasteiger partial charge in [0.1, 0.15) is 0 Å². The minimum absolute atomic E-state index is 0.247. The van der Waals surface area contributed by atoms with Crippen molar-refractivity contribution in [1.29, 1.82) is 0 Å². The van der Waals surface area contributed by atoms with Crippen LogP contribution in [0.2, 0.25) is 0 Å². The molecule has 0 bridgehead atoms. The summed E-state index contributed by atoms with van der Waals surface area (Å²) in [5.74, 6) is 0.315. The molecule has 1 unspecified atom stereocenters. The van der Waals surface area contributed by atoms with Crippen molar-refractivity contribution in [2.24, 2.45) is 5.92 Å². The predicted molar refractivity (Wildman–Crippen MR) is 69.7 cm³/mol. The lowest BCUT2D eigenvalue weighted by molar-refractivity contribution is -0.138. The third-order valence-electron chi connectivity index (χ3n) is 2.88. The zero-order chi connectivity index (χ0) is 14.5. The van der Waals surface area contributed by atoms with Gasteiger partial charge in [-0.3, -0.25) is 4.98 Å². The molecule has 0 saturated heterocycles. The Balaban J connectivity index is 3.07. The van der Waals surface area contributed by atoms with Crippen molar-refractivity contribution in [3.05, 3.63) is 29.6 Å². The topological polar surface area (TPSA) is 24.9 Å². The highest BCUT2D eigenvalue weighted by Gasteiger charge is 2.35. The van der Waals surface area contributed by atoms with Crippen LogP contribution in [0.3, 0.4) is 0 Å². The average Bonchev–Trinajstić information content (AvgIpc) is 2.33. The molecule has 1 aromatic rings. The van der Waals surface area contributed by atoms with Gasteiger partial charge in [-0.2, -0.15) is 13.2 Å². The monoisotopic (exact) mass is 274 g/mol. The Labute approximate surface area is 112 Å². The van der Waals surface area contributed by atoms with Crippen molar-refractivity contribution in [2.75, 3.05) is 6.54 Å². The van der Waals surface area contributed by atoms with Gasteiger partial charge in [0, 0.05) is 18.4 Å². The summed E-state index contributed by atoms with van der Waals surface area (Å²) in [7, 11) is 0. The van der Waals surface area contributed by atoms with Crippen LogP contribution in [0.25, 0.3) is 0 Å². The third-order valence-corrected chi connectivity index (χ3v) is 2.88. The van der Waals surface area contributed by atoms with Crippen LogP contribution in [0, 0.1) is 5.92 Å². The van der Waals surface area contributed by atoms with Gasteiger partial charge in [-0.15, -0.1) is 0 Å². The van der Waals surface area contributed by atoms with Gasteiger partial charge in [0.25, 0.3) is 0 Å². The number of aromatic nitrogens is 1. The van der Waals surface area contributed by atoms with Crippen molar-refractivity contribution in [3.8, 4) is 0 Å². The maximum absolute atomic E-state index is 13.0. The van der Waals surface area contributed by atoms with Crippen LogP contribution in [0.1, 0.15) is 50.8 Å².